The molecule has 0 aliphatic carbocycles. The molecule has 2 aromatic carbocycles. The maximum Gasteiger partial charge on any atom is 0.282 e. The normalized spacial score (nSPS) is 11.8. The van der Waals surface area contributed by atoms with Crippen molar-refractivity contribution in [2.75, 3.05) is 0 Å². The van der Waals surface area contributed by atoms with Gasteiger partial charge in [0, 0.05) is 39.4 Å². The van der Waals surface area contributed by atoms with Gasteiger partial charge in [-0.15, -0.1) is 12.6 Å². The summed E-state index contributed by atoms with van der Waals surface area (Å²) in [6.07, 6.45) is 6.69. The number of nitrogens with one attached hydrogen (secondary N) is 1. The molecule has 148 valence electrons. The first-order valence-corrected chi connectivity index (χ1v) is 11.0. The summed E-state index contributed by atoms with van der Waals surface area (Å²) in [6, 6.07) is 18.1. The first kappa shape index (κ1) is 18.7. The molecular formula is C22H16N4O2S2. The molecular weight excluding hydrogens is 416 g/mol. The molecule has 0 unspecified atom stereocenters. The summed E-state index contributed by atoms with van der Waals surface area (Å²) in [6.45, 7) is 0. The molecule has 0 amide bonds. The molecule has 0 saturated carbocycles. The number of nitrogens with zero attached hydrogens (tertiary/aromatic N) is 3. The van der Waals surface area contributed by atoms with E-state index in [0.717, 1.165) is 36.7 Å². The highest BCUT2D eigenvalue weighted by atomic mass is 32.2. The fourth-order valence-corrected chi connectivity index (χ4v) is 4.62. The number of fused-ring (bicyclic) bond motifs is 1. The van der Waals surface area contributed by atoms with Gasteiger partial charge in [-0.05, 0) is 35.9 Å². The minimum Gasteiger partial charge on any atom is -0.346 e. The first-order chi connectivity index (χ1) is 14.5. The van der Waals surface area contributed by atoms with Crippen molar-refractivity contribution in [2.24, 2.45) is 0 Å². The average molecular weight is 433 g/mol. The van der Waals surface area contributed by atoms with E-state index in [-0.39, 0.29) is 4.90 Å². The van der Waals surface area contributed by atoms with Crippen molar-refractivity contribution in [2.45, 2.75) is 9.79 Å². The van der Waals surface area contributed by atoms with Gasteiger partial charge in [-0.3, -0.25) is 0 Å². The number of hydrogen-bond donors (Lipinski definition) is 2. The Labute approximate surface area is 178 Å². The zero-order valence-electron chi connectivity index (χ0n) is 15.6. The number of aromatic amines is 1. The van der Waals surface area contributed by atoms with Gasteiger partial charge < -0.3 is 4.98 Å². The molecule has 3 aromatic heterocycles. The highest BCUT2D eigenvalue weighted by Crippen LogP contribution is 2.31. The largest absolute Gasteiger partial charge is 0.346 e. The van der Waals surface area contributed by atoms with Crippen LogP contribution in [0.5, 0.6) is 0 Å². The van der Waals surface area contributed by atoms with Crippen LogP contribution in [-0.4, -0.2) is 27.6 Å². The summed E-state index contributed by atoms with van der Waals surface area (Å²) in [5, 5.41) is 4.99. The molecule has 30 heavy (non-hydrogen) atoms. The fraction of sp³-hybridized carbons (Fsp3) is 0. The SMILES string of the molecule is O=S(=O)(c1ccccc1)n1cc(-c2c[nH]c3ncc(-c4ccc(S)cc4)cc23)cn1. The van der Waals surface area contributed by atoms with E-state index in [1.165, 1.54) is 6.20 Å². The van der Waals surface area contributed by atoms with Crippen LogP contribution in [0.4, 0.5) is 0 Å². The van der Waals surface area contributed by atoms with E-state index in [1.54, 1.807) is 42.7 Å². The summed E-state index contributed by atoms with van der Waals surface area (Å²) in [7, 11) is -3.75. The molecule has 0 spiro atoms. The van der Waals surface area contributed by atoms with Crippen LogP contribution in [0.1, 0.15) is 0 Å². The van der Waals surface area contributed by atoms with Crippen LogP contribution in [0.25, 0.3) is 33.3 Å². The monoisotopic (exact) mass is 432 g/mol. The highest BCUT2D eigenvalue weighted by Gasteiger charge is 2.19. The summed E-state index contributed by atoms with van der Waals surface area (Å²) < 4.78 is 26.6. The lowest BCUT2D eigenvalue weighted by Gasteiger charge is -2.04. The molecule has 0 bridgehead atoms. The van der Waals surface area contributed by atoms with E-state index in [1.807, 2.05) is 36.5 Å². The molecule has 0 aliphatic heterocycles. The Kier molecular flexibility index (Phi) is 4.45. The molecule has 0 atom stereocenters. The molecule has 0 saturated heterocycles. The second-order valence-electron chi connectivity index (χ2n) is 6.79. The van der Waals surface area contributed by atoms with Crippen LogP contribution in [-0.2, 0) is 10.0 Å². The molecule has 5 aromatic rings. The summed E-state index contributed by atoms with van der Waals surface area (Å²) in [4.78, 5) is 8.73. The maximum atomic E-state index is 12.8. The van der Waals surface area contributed by atoms with Crippen molar-refractivity contribution in [3.05, 3.63) is 85.5 Å². The lowest BCUT2D eigenvalue weighted by atomic mass is 10.0. The van der Waals surface area contributed by atoms with E-state index in [4.69, 9.17) is 0 Å². The summed E-state index contributed by atoms with van der Waals surface area (Å²) >= 11 is 4.33. The van der Waals surface area contributed by atoms with Gasteiger partial charge in [0.2, 0.25) is 0 Å². The second-order valence-corrected chi connectivity index (χ2v) is 9.10. The molecule has 3 heterocycles. The van der Waals surface area contributed by atoms with Gasteiger partial charge in [-0.2, -0.15) is 17.6 Å². The summed E-state index contributed by atoms with van der Waals surface area (Å²) in [5.41, 5.74) is 4.22. The number of thiol groups is 1. The third kappa shape index (κ3) is 3.20. The van der Waals surface area contributed by atoms with Gasteiger partial charge in [0.05, 0.1) is 17.3 Å². The predicted octanol–water partition coefficient (Wildman–Crippen LogP) is 4.62. The molecule has 1 N–H and O–H groups in total. The van der Waals surface area contributed by atoms with Crippen molar-refractivity contribution in [1.29, 1.82) is 0 Å². The average Bonchev–Trinajstić information content (AvgIpc) is 3.42. The first-order valence-electron chi connectivity index (χ1n) is 9.14. The lowest BCUT2D eigenvalue weighted by molar-refractivity contribution is 0.580. The third-order valence-corrected chi connectivity index (χ3v) is 6.75. The standard InChI is InChI=1S/C22H16N4O2S2/c27-30(28,19-4-2-1-3-5-19)26-14-17(12-25-26)21-13-24-22-20(21)10-16(11-23-22)15-6-8-18(29)9-7-15/h1-14,29H,(H,23,24). The molecule has 5 rings (SSSR count). The number of pyridine rings is 1. The fourth-order valence-electron chi connectivity index (χ4n) is 3.33. The van der Waals surface area contributed by atoms with Gasteiger partial charge in [-0.1, -0.05) is 30.3 Å². The topological polar surface area (TPSA) is 80.6 Å². The second kappa shape index (κ2) is 7.16. The molecule has 0 radical (unpaired) electrons. The number of benzene rings is 2. The summed E-state index contributed by atoms with van der Waals surface area (Å²) in [5.74, 6) is 0. The number of aromatic nitrogens is 4. The van der Waals surface area contributed by atoms with Crippen LogP contribution < -0.4 is 0 Å². The Balaban J connectivity index is 1.57. The smallest absolute Gasteiger partial charge is 0.282 e. The van der Waals surface area contributed by atoms with Gasteiger partial charge in [0.25, 0.3) is 10.0 Å². The molecule has 0 aliphatic rings. The van der Waals surface area contributed by atoms with E-state index in [9.17, 15) is 8.42 Å². The van der Waals surface area contributed by atoms with Crippen molar-refractivity contribution in [3.8, 4) is 22.3 Å². The van der Waals surface area contributed by atoms with Gasteiger partial charge in [0.1, 0.15) is 5.65 Å². The highest BCUT2D eigenvalue weighted by molar-refractivity contribution is 7.89. The van der Waals surface area contributed by atoms with Crippen molar-refractivity contribution >= 4 is 33.7 Å². The predicted molar refractivity (Wildman–Crippen MR) is 119 cm³/mol. The Morgan fingerprint density at radius 3 is 2.43 bits per heavy atom. The Bertz CT molecular complexity index is 1450. The van der Waals surface area contributed by atoms with Gasteiger partial charge in [-0.25, -0.2) is 4.98 Å². The minimum atomic E-state index is -3.75. The lowest BCUT2D eigenvalue weighted by Crippen LogP contribution is -2.13. The van der Waals surface area contributed by atoms with Crippen LogP contribution in [0.2, 0.25) is 0 Å². The van der Waals surface area contributed by atoms with Crippen LogP contribution in [0.15, 0.2) is 95.2 Å². The molecule has 0 fully saturated rings. The molecule has 6 nitrogen and oxygen atoms in total. The van der Waals surface area contributed by atoms with Crippen molar-refractivity contribution in [1.82, 2.24) is 19.2 Å². The van der Waals surface area contributed by atoms with Crippen LogP contribution in [0, 0.1) is 0 Å². The van der Waals surface area contributed by atoms with E-state index in [0.29, 0.717) is 5.56 Å². The maximum absolute atomic E-state index is 12.8. The number of rotatable bonds is 4. The van der Waals surface area contributed by atoms with Gasteiger partial charge in [0.15, 0.2) is 0 Å². The minimum absolute atomic E-state index is 0.190. The van der Waals surface area contributed by atoms with E-state index < -0.39 is 10.0 Å². The zero-order chi connectivity index (χ0) is 20.7. The van der Waals surface area contributed by atoms with Crippen molar-refractivity contribution < 1.29 is 8.42 Å². The van der Waals surface area contributed by atoms with E-state index in [2.05, 4.69) is 27.7 Å². The Morgan fingerprint density at radius 1 is 0.900 bits per heavy atom. The Morgan fingerprint density at radius 2 is 1.67 bits per heavy atom. The van der Waals surface area contributed by atoms with Crippen molar-refractivity contribution in [3.63, 3.8) is 0 Å². The van der Waals surface area contributed by atoms with Crippen LogP contribution >= 0.6 is 12.6 Å². The van der Waals surface area contributed by atoms with Gasteiger partial charge >= 0.3 is 0 Å². The Hall–Kier alpha value is -3.36. The number of hydrogen-bond acceptors (Lipinski definition) is 5. The van der Waals surface area contributed by atoms with E-state index >= 15 is 0 Å². The quantitative estimate of drug-likeness (QED) is 0.406. The third-order valence-electron chi connectivity index (χ3n) is 4.89. The van der Waals surface area contributed by atoms with Crippen LogP contribution in [0.3, 0.4) is 0 Å². The molecule has 8 heteroatoms. The zero-order valence-corrected chi connectivity index (χ0v) is 17.3. The number of H-pyrrole nitrogens is 1.